The van der Waals surface area contributed by atoms with Gasteiger partial charge < -0.3 is 15.4 Å². The summed E-state index contributed by atoms with van der Waals surface area (Å²) in [5.41, 5.74) is 3.76. The molecule has 2 aromatic rings. The maximum atomic E-state index is 5.45. The number of hydrogen-bond donors (Lipinski definition) is 2. The predicted molar refractivity (Wildman–Crippen MR) is 127 cm³/mol. The van der Waals surface area contributed by atoms with Crippen molar-refractivity contribution in [3.05, 3.63) is 51.0 Å². The molecule has 0 unspecified atom stereocenters. The Labute approximate surface area is 188 Å². The lowest BCUT2D eigenvalue weighted by Crippen LogP contribution is -2.37. The van der Waals surface area contributed by atoms with Gasteiger partial charge in [0.2, 0.25) is 0 Å². The van der Waals surface area contributed by atoms with Gasteiger partial charge in [-0.2, -0.15) is 0 Å². The number of rotatable bonds is 6. The zero-order chi connectivity index (χ0) is 19.1. The smallest absolute Gasteiger partial charge is 0.191 e. The van der Waals surface area contributed by atoms with Crippen LogP contribution < -0.4 is 10.6 Å². The number of aliphatic imine (C=N–C) groups is 1. The van der Waals surface area contributed by atoms with Gasteiger partial charge in [-0.3, -0.25) is 9.89 Å². The average Bonchev–Trinajstić information content (AvgIpc) is 3.01. The summed E-state index contributed by atoms with van der Waals surface area (Å²) in [6, 6.07) is 8.60. The molecule has 154 valence electrons. The number of aromatic nitrogens is 1. The highest BCUT2D eigenvalue weighted by Crippen LogP contribution is 2.16. The van der Waals surface area contributed by atoms with Crippen LogP contribution in [0.2, 0.25) is 0 Å². The molecular weight excluding hydrogens is 485 g/mol. The molecule has 1 aromatic heterocycles. The zero-order valence-corrected chi connectivity index (χ0v) is 20.0. The summed E-state index contributed by atoms with van der Waals surface area (Å²) >= 11 is 1.73. The Bertz CT molecular complexity index is 754. The number of thiazole rings is 1. The van der Waals surface area contributed by atoms with Crippen molar-refractivity contribution in [2.75, 3.05) is 33.4 Å². The standard InChI is InChI=1S/C20H29N5OS.HI/c1-15-16(2)27-19(24-15)13-23-20(21-3)22-12-17-6-4-5-7-18(17)14-25-8-10-26-11-9-25;/h4-7H,8-14H2,1-3H3,(H2,21,22,23);1H. The SMILES string of the molecule is CN=C(NCc1nc(C)c(C)s1)NCc1ccccc1CN1CCOCC1.I. The molecule has 1 aliphatic heterocycles. The van der Waals surface area contributed by atoms with E-state index in [-0.39, 0.29) is 24.0 Å². The molecule has 0 saturated carbocycles. The lowest BCUT2D eigenvalue weighted by molar-refractivity contribution is 0.0341. The molecule has 1 saturated heterocycles. The van der Waals surface area contributed by atoms with E-state index in [0.717, 1.165) is 56.1 Å². The van der Waals surface area contributed by atoms with Crippen LogP contribution in [0.25, 0.3) is 0 Å². The summed E-state index contributed by atoms with van der Waals surface area (Å²) in [7, 11) is 1.80. The summed E-state index contributed by atoms with van der Waals surface area (Å²) in [5, 5.41) is 7.87. The van der Waals surface area contributed by atoms with Crippen molar-refractivity contribution in [2.45, 2.75) is 33.5 Å². The molecule has 2 N–H and O–H groups in total. The molecule has 0 amide bonds. The van der Waals surface area contributed by atoms with E-state index in [1.165, 1.54) is 16.0 Å². The highest BCUT2D eigenvalue weighted by Gasteiger charge is 2.13. The molecule has 1 aliphatic rings. The van der Waals surface area contributed by atoms with Crippen molar-refractivity contribution in [1.82, 2.24) is 20.5 Å². The normalized spacial score (nSPS) is 15.2. The molecule has 0 aliphatic carbocycles. The summed E-state index contributed by atoms with van der Waals surface area (Å²) in [5.74, 6) is 0.793. The highest BCUT2D eigenvalue weighted by molar-refractivity contribution is 14.0. The molecule has 3 rings (SSSR count). The van der Waals surface area contributed by atoms with Crippen LogP contribution in [-0.4, -0.2) is 49.2 Å². The van der Waals surface area contributed by atoms with Crippen LogP contribution in [0, 0.1) is 13.8 Å². The van der Waals surface area contributed by atoms with Crippen LogP contribution >= 0.6 is 35.3 Å². The lowest BCUT2D eigenvalue weighted by Gasteiger charge is -2.27. The molecule has 0 spiro atoms. The van der Waals surface area contributed by atoms with Crippen LogP contribution in [0.5, 0.6) is 0 Å². The van der Waals surface area contributed by atoms with Crippen LogP contribution in [0.15, 0.2) is 29.3 Å². The summed E-state index contributed by atoms with van der Waals surface area (Å²) in [6.07, 6.45) is 0. The maximum absolute atomic E-state index is 5.45. The predicted octanol–water partition coefficient (Wildman–Crippen LogP) is 3.08. The molecule has 0 radical (unpaired) electrons. The number of aryl methyl sites for hydroxylation is 2. The van der Waals surface area contributed by atoms with E-state index in [1.54, 1.807) is 18.4 Å². The molecule has 0 atom stereocenters. The lowest BCUT2D eigenvalue weighted by atomic mass is 10.1. The summed E-state index contributed by atoms with van der Waals surface area (Å²) in [6.45, 7) is 10.2. The van der Waals surface area contributed by atoms with Crippen molar-refractivity contribution in [2.24, 2.45) is 4.99 Å². The monoisotopic (exact) mass is 515 g/mol. The molecular formula is C20H30IN5OS. The number of ether oxygens (including phenoxy) is 1. The fourth-order valence-electron chi connectivity index (χ4n) is 3.06. The van der Waals surface area contributed by atoms with Gasteiger partial charge in [0, 0.05) is 38.1 Å². The Morgan fingerprint density at radius 2 is 1.82 bits per heavy atom. The van der Waals surface area contributed by atoms with Crippen LogP contribution in [0.1, 0.15) is 26.7 Å². The van der Waals surface area contributed by atoms with Crippen molar-refractivity contribution < 1.29 is 4.74 Å². The van der Waals surface area contributed by atoms with Crippen molar-refractivity contribution in [1.29, 1.82) is 0 Å². The largest absolute Gasteiger partial charge is 0.379 e. The van der Waals surface area contributed by atoms with Crippen LogP contribution in [-0.2, 0) is 24.4 Å². The summed E-state index contributed by atoms with van der Waals surface area (Å²) < 4.78 is 5.45. The zero-order valence-electron chi connectivity index (χ0n) is 16.8. The van der Waals surface area contributed by atoms with E-state index in [0.29, 0.717) is 6.54 Å². The Morgan fingerprint density at radius 3 is 2.46 bits per heavy atom. The molecule has 0 bridgehead atoms. The van der Waals surface area contributed by atoms with E-state index >= 15 is 0 Å². The van der Waals surface area contributed by atoms with Crippen molar-refractivity contribution in [3.8, 4) is 0 Å². The number of nitrogens with zero attached hydrogens (tertiary/aromatic N) is 3. The molecule has 2 heterocycles. The average molecular weight is 515 g/mol. The third kappa shape index (κ3) is 6.68. The first-order valence-electron chi connectivity index (χ1n) is 9.40. The Morgan fingerprint density at radius 1 is 1.14 bits per heavy atom. The number of hydrogen-bond acceptors (Lipinski definition) is 5. The third-order valence-corrected chi connectivity index (χ3v) is 5.84. The topological polar surface area (TPSA) is 61.8 Å². The van der Waals surface area contributed by atoms with E-state index in [9.17, 15) is 0 Å². The number of halogens is 1. The first kappa shape index (κ1) is 23.1. The van der Waals surface area contributed by atoms with Gasteiger partial charge in [0.1, 0.15) is 5.01 Å². The third-order valence-electron chi connectivity index (χ3n) is 4.77. The first-order valence-corrected chi connectivity index (χ1v) is 10.2. The van der Waals surface area contributed by atoms with Gasteiger partial charge >= 0.3 is 0 Å². The number of morpholine rings is 1. The minimum Gasteiger partial charge on any atom is -0.379 e. The number of nitrogens with one attached hydrogen (secondary N) is 2. The fourth-order valence-corrected chi connectivity index (χ4v) is 3.93. The van der Waals surface area contributed by atoms with Crippen molar-refractivity contribution in [3.63, 3.8) is 0 Å². The van der Waals surface area contributed by atoms with Crippen molar-refractivity contribution >= 4 is 41.3 Å². The first-order chi connectivity index (χ1) is 13.2. The van der Waals surface area contributed by atoms with E-state index in [2.05, 4.69) is 56.7 Å². The Balaban J connectivity index is 0.00000280. The van der Waals surface area contributed by atoms with Gasteiger partial charge in [0.15, 0.2) is 5.96 Å². The van der Waals surface area contributed by atoms with Gasteiger partial charge in [-0.1, -0.05) is 24.3 Å². The fraction of sp³-hybridized carbons (Fsp3) is 0.500. The van der Waals surface area contributed by atoms with Gasteiger partial charge in [-0.15, -0.1) is 35.3 Å². The quantitative estimate of drug-likeness (QED) is 0.352. The number of guanidine groups is 1. The Hall–Kier alpha value is -1.23. The molecule has 6 nitrogen and oxygen atoms in total. The Kier molecular flexibility index (Phi) is 9.63. The highest BCUT2D eigenvalue weighted by atomic mass is 127. The minimum absolute atomic E-state index is 0. The molecule has 1 aromatic carbocycles. The van der Waals surface area contributed by atoms with Gasteiger partial charge in [-0.25, -0.2) is 4.98 Å². The summed E-state index contributed by atoms with van der Waals surface area (Å²) in [4.78, 5) is 12.6. The van der Waals surface area contributed by atoms with E-state index < -0.39 is 0 Å². The maximum Gasteiger partial charge on any atom is 0.191 e. The second-order valence-electron chi connectivity index (χ2n) is 6.69. The van der Waals surface area contributed by atoms with Gasteiger partial charge in [-0.05, 0) is 25.0 Å². The van der Waals surface area contributed by atoms with Crippen LogP contribution in [0.4, 0.5) is 0 Å². The van der Waals surface area contributed by atoms with Gasteiger partial charge in [0.25, 0.3) is 0 Å². The number of benzene rings is 1. The van der Waals surface area contributed by atoms with E-state index in [4.69, 9.17) is 4.74 Å². The van der Waals surface area contributed by atoms with Crippen LogP contribution in [0.3, 0.4) is 0 Å². The molecule has 8 heteroatoms. The second kappa shape index (κ2) is 11.7. The minimum atomic E-state index is 0. The van der Waals surface area contributed by atoms with Gasteiger partial charge in [0.05, 0.1) is 25.5 Å². The molecule has 28 heavy (non-hydrogen) atoms. The van der Waals surface area contributed by atoms with E-state index in [1.807, 2.05) is 6.92 Å². The second-order valence-corrected chi connectivity index (χ2v) is 7.97. The molecule has 1 fully saturated rings.